The molecule has 0 spiro atoms. The van der Waals surface area contributed by atoms with Crippen molar-refractivity contribution >= 4 is 8.41 Å². The Labute approximate surface area is 65.6 Å². The second-order valence-electron chi connectivity index (χ2n) is 0. The van der Waals surface area contributed by atoms with Gasteiger partial charge in [-0.3, -0.25) is 0 Å². The van der Waals surface area contributed by atoms with E-state index < -0.39 is 0 Å². The van der Waals surface area contributed by atoms with Crippen LogP contribution >= 0.6 is 0 Å². The first kappa shape index (κ1) is 39.3. The molecular formula is BFeMoZn. The van der Waals surface area contributed by atoms with Crippen molar-refractivity contribution < 1.29 is 57.6 Å². The first-order chi connectivity index (χ1) is 0. The first-order valence-electron chi connectivity index (χ1n) is 0. The van der Waals surface area contributed by atoms with Gasteiger partial charge in [-0.25, -0.2) is 0 Å². The third-order valence-electron chi connectivity index (χ3n) is 0. The Morgan fingerprint density at radius 3 is 1.00 bits per heavy atom. The van der Waals surface area contributed by atoms with Crippen molar-refractivity contribution in [3.63, 3.8) is 0 Å². The average Bonchev–Trinajstić information content (AvgIpc) is 0. The van der Waals surface area contributed by atoms with Crippen LogP contribution < -0.4 is 0 Å². The molecule has 0 aromatic heterocycles. The van der Waals surface area contributed by atoms with Gasteiger partial charge in [0.2, 0.25) is 0 Å². The van der Waals surface area contributed by atoms with Gasteiger partial charge in [-0.2, -0.15) is 0 Å². The molecule has 19 valence electrons. The summed E-state index contributed by atoms with van der Waals surface area (Å²) in [4.78, 5) is 0. The summed E-state index contributed by atoms with van der Waals surface area (Å²) in [6.45, 7) is 0. The van der Waals surface area contributed by atoms with Gasteiger partial charge >= 0.3 is 0 Å². The second kappa shape index (κ2) is 20.7. The molecule has 0 bridgehead atoms. The van der Waals surface area contributed by atoms with Crippen molar-refractivity contribution in [1.29, 1.82) is 0 Å². The Morgan fingerprint density at radius 1 is 1.00 bits per heavy atom. The van der Waals surface area contributed by atoms with E-state index in [-0.39, 0.29) is 66.0 Å². The molecule has 4 heteroatoms. The molecule has 0 heterocycles. The fourth-order valence-electron chi connectivity index (χ4n) is 0. The Balaban J connectivity index is 0. The maximum Gasteiger partial charge on any atom is 0 e. The van der Waals surface area contributed by atoms with Crippen LogP contribution in [0.5, 0.6) is 0 Å². The molecule has 0 aromatic rings. The molecule has 0 N–H and O–H groups in total. The summed E-state index contributed by atoms with van der Waals surface area (Å²) in [5.41, 5.74) is 0. The summed E-state index contributed by atoms with van der Waals surface area (Å²) in [6.07, 6.45) is 0. The predicted molar refractivity (Wildman–Crippen MR) is 5.75 cm³/mol. The van der Waals surface area contributed by atoms with E-state index in [0.29, 0.717) is 0 Å². The largest absolute Gasteiger partial charge is 0 e. The van der Waals surface area contributed by atoms with Gasteiger partial charge in [0.25, 0.3) is 0 Å². The van der Waals surface area contributed by atoms with Crippen molar-refractivity contribution in [2.75, 3.05) is 0 Å². The molecule has 0 aliphatic rings. The number of hydrogen-bond donors (Lipinski definition) is 0. The fourth-order valence-corrected chi connectivity index (χ4v) is 0. The molecule has 0 saturated carbocycles. The monoisotopic (exact) mass is 229 g/mol. The topological polar surface area (TPSA) is 0 Å². The van der Waals surface area contributed by atoms with E-state index in [0.717, 1.165) is 0 Å². The van der Waals surface area contributed by atoms with E-state index in [4.69, 9.17) is 0 Å². The zero-order chi connectivity index (χ0) is 0. The molecule has 0 atom stereocenters. The van der Waals surface area contributed by atoms with E-state index in [9.17, 15) is 0 Å². The van der Waals surface area contributed by atoms with Crippen molar-refractivity contribution in [1.82, 2.24) is 0 Å². The molecule has 0 fully saturated rings. The average molecular weight is 228 g/mol. The van der Waals surface area contributed by atoms with E-state index >= 15 is 0 Å². The summed E-state index contributed by atoms with van der Waals surface area (Å²) in [6, 6.07) is 0. The van der Waals surface area contributed by atoms with Crippen LogP contribution in [-0.2, 0) is 57.6 Å². The maximum atomic E-state index is 0. The molecule has 0 amide bonds. The summed E-state index contributed by atoms with van der Waals surface area (Å²) in [5, 5.41) is 0. The van der Waals surface area contributed by atoms with Crippen LogP contribution in [0.4, 0.5) is 0 Å². The minimum Gasteiger partial charge on any atom is 0 e. The molecule has 0 aliphatic heterocycles. The van der Waals surface area contributed by atoms with Crippen molar-refractivity contribution in [2.24, 2.45) is 0 Å². The molecule has 4 heavy (non-hydrogen) atoms. The molecule has 0 unspecified atom stereocenters. The zero-order valence-electron chi connectivity index (χ0n) is 2.05. The van der Waals surface area contributed by atoms with Crippen molar-refractivity contribution in [3.05, 3.63) is 0 Å². The van der Waals surface area contributed by atoms with Gasteiger partial charge in [0.15, 0.2) is 0 Å². The third kappa shape index (κ3) is 9.09. The van der Waals surface area contributed by atoms with Crippen LogP contribution in [0.25, 0.3) is 0 Å². The van der Waals surface area contributed by atoms with Crippen LogP contribution in [0.1, 0.15) is 0 Å². The predicted octanol–water partition coefficient (Wildman–Crippen LogP) is -0.388. The van der Waals surface area contributed by atoms with E-state index in [1.165, 1.54) is 0 Å². The van der Waals surface area contributed by atoms with Gasteiger partial charge < -0.3 is 0 Å². The number of hydrogen-bond acceptors (Lipinski definition) is 0. The van der Waals surface area contributed by atoms with Crippen LogP contribution in [0.3, 0.4) is 0 Å². The normalized spacial score (nSPS) is 0. The number of rotatable bonds is 0. The molecule has 0 aliphatic carbocycles. The quantitative estimate of drug-likeness (QED) is 0.495. The van der Waals surface area contributed by atoms with Crippen molar-refractivity contribution in [2.45, 2.75) is 0 Å². The second-order valence-corrected chi connectivity index (χ2v) is 0. The van der Waals surface area contributed by atoms with Gasteiger partial charge in [0, 0.05) is 66.0 Å². The van der Waals surface area contributed by atoms with Crippen LogP contribution in [0.15, 0.2) is 0 Å². The van der Waals surface area contributed by atoms with E-state index in [2.05, 4.69) is 0 Å². The Bertz CT molecular complexity index is 8.00. The maximum absolute atomic E-state index is 0. The van der Waals surface area contributed by atoms with Crippen LogP contribution in [0, 0.1) is 0 Å². The minimum atomic E-state index is 0. The third-order valence-corrected chi connectivity index (χ3v) is 0. The molecule has 0 rings (SSSR count). The van der Waals surface area contributed by atoms with Crippen LogP contribution in [0.2, 0.25) is 0 Å². The van der Waals surface area contributed by atoms with Gasteiger partial charge in [0.1, 0.15) is 0 Å². The van der Waals surface area contributed by atoms with E-state index in [1.807, 2.05) is 0 Å². The Hall–Kier alpha value is 1.90. The zero-order valence-corrected chi connectivity index (χ0v) is 8.12. The van der Waals surface area contributed by atoms with Gasteiger partial charge in [-0.15, -0.1) is 0 Å². The Morgan fingerprint density at radius 2 is 1.00 bits per heavy atom. The SMILES string of the molecule is [B].[Fe].[Mo].[Zn]. The summed E-state index contributed by atoms with van der Waals surface area (Å²) < 4.78 is 0. The van der Waals surface area contributed by atoms with Gasteiger partial charge in [0.05, 0.1) is 0 Å². The molecule has 0 saturated heterocycles. The van der Waals surface area contributed by atoms with Crippen molar-refractivity contribution in [3.8, 4) is 0 Å². The van der Waals surface area contributed by atoms with E-state index in [1.54, 1.807) is 0 Å². The minimum absolute atomic E-state index is 0. The van der Waals surface area contributed by atoms with Gasteiger partial charge in [-0.05, 0) is 0 Å². The molecule has 0 aromatic carbocycles. The smallest absolute Gasteiger partial charge is 0 e. The van der Waals surface area contributed by atoms with Crippen LogP contribution in [-0.4, -0.2) is 8.41 Å². The molecular weight excluding hydrogens is 228 g/mol. The van der Waals surface area contributed by atoms with Gasteiger partial charge in [-0.1, -0.05) is 0 Å². The Kier molecular flexibility index (Phi) is 203. The summed E-state index contributed by atoms with van der Waals surface area (Å²) >= 11 is 0. The fraction of sp³-hybridized carbons (Fsp3) is 0. The molecule has 0 nitrogen and oxygen atoms in total. The summed E-state index contributed by atoms with van der Waals surface area (Å²) in [7, 11) is 0. The standard InChI is InChI=1S/B.Fe.Mo.Zn. The molecule has 3 radical (unpaired) electrons. The first-order valence-corrected chi connectivity index (χ1v) is 0. The summed E-state index contributed by atoms with van der Waals surface area (Å²) in [5.74, 6) is 0.